The molecule has 168 valence electrons. The van der Waals surface area contributed by atoms with Gasteiger partial charge in [0.1, 0.15) is 5.82 Å². The van der Waals surface area contributed by atoms with Crippen LogP contribution in [-0.4, -0.2) is 31.7 Å². The fourth-order valence-corrected chi connectivity index (χ4v) is 4.27. The third kappa shape index (κ3) is 6.40. The Balaban J connectivity index is 1.83. The molecule has 32 heavy (non-hydrogen) atoms. The average molecular weight is 453 g/mol. The summed E-state index contributed by atoms with van der Waals surface area (Å²) in [7, 11) is 0. The van der Waals surface area contributed by atoms with E-state index in [1.807, 2.05) is 16.0 Å². The Bertz CT molecular complexity index is 1070. The highest BCUT2D eigenvalue weighted by atomic mass is 32.1. The molecule has 2 heterocycles. The summed E-state index contributed by atoms with van der Waals surface area (Å²) in [6.45, 7) is 2.63. The zero-order valence-electron chi connectivity index (χ0n) is 18.2. The number of unbranched alkanes of at least 4 members (excludes halogenated alkanes) is 1. The van der Waals surface area contributed by atoms with Crippen LogP contribution < -0.4 is 0 Å². The van der Waals surface area contributed by atoms with Gasteiger partial charge < -0.3 is 14.8 Å². The Hall–Kier alpha value is -3.19. The molecule has 0 aliphatic carbocycles. The number of thiophene rings is 1. The predicted octanol–water partition coefficient (Wildman–Crippen LogP) is 5.52. The highest BCUT2D eigenvalue weighted by molar-refractivity contribution is 7.09. The number of carboxylic acid groups (broad SMARTS) is 2. The molecule has 6 nitrogen and oxygen atoms in total. The first-order chi connectivity index (χ1) is 15.5. The second-order valence-corrected chi connectivity index (χ2v) is 8.73. The summed E-state index contributed by atoms with van der Waals surface area (Å²) in [5.74, 6) is -0.964. The zero-order valence-corrected chi connectivity index (χ0v) is 19.0. The SMILES string of the molecule is CCCCc1ncc(/C=C(\CCCc2cccs2)C(=O)O)n1Cc1ccc(C(=O)O)cc1. The van der Waals surface area contributed by atoms with Crippen LogP contribution >= 0.6 is 11.3 Å². The van der Waals surface area contributed by atoms with Crippen molar-refractivity contribution in [2.24, 2.45) is 0 Å². The van der Waals surface area contributed by atoms with Gasteiger partial charge in [0.25, 0.3) is 0 Å². The summed E-state index contributed by atoms with van der Waals surface area (Å²) >= 11 is 1.69. The summed E-state index contributed by atoms with van der Waals surface area (Å²) in [5.41, 5.74) is 2.30. The molecule has 2 aromatic heterocycles. The Morgan fingerprint density at radius 3 is 2.50 bits per heavy atom. The minimum absolute atomic E-state index is 0.240. The molecule has 0 radical (unpaired) electrons. The maximum atomic E-state index is 11.9. The number of aliphatic carboxylic acids is 1. The third-order valence-corrected chi connectivity index (χ3v) is 6.25. The molecule has 2 N–H and O–H groups in total. The Morgan fingerprint density at radius 1 is 1.09 bits per heavy atom. The normalized spacial score (nSPS) is 11.6. The number of aromatic carboxylic acids is 1. The van der Waals surface area contributed by atoms with E-state index in [2.05, 4.69) is 18.0 Å². The molecule has 0 aliphatic rings. The molecule has 0 saturated heterocycles. The number of rotatable bonds is 12. The number of carboxylic acids is 2. The second-order valence-electron chi connectivity index (χ2n) is 7.70. The molecule has 0 amide bonds. The molecule has 1 aromatic carbocycles. The minimum Gasteiger partial charge on any atom is -0.478 e. The predicted molar refractivity (Wildman–Crippen MR) is 126 cm³/mol. The minimum atomic E-state index is -0.958. The van der Waals surface area contributed by atoms with Gasteiger partial charge in [0, 0.05) is 23.4 Å². The summed E-state index contributed by atoms with van der Waals surface area (Å²) in [6.07, 6.45) is 8.41. The maximum absolute atomic E-state index is 11.9. The molecule has 0 fully saturated rings. The number of carbonyl (C=O) groups is 2. The van der Waals surface area contributed by atoms with Gasteiger partial charge in [-0.3, -0.25) is 0 Å². The number of imidazole rings is 1. The van der Waals surface area contributed by atoms with Gasteiger partial charge in [-0.1, -0.05) is 31.5 Å². The average Bonchev–Trinajstić information content (AvgIpc) is 3.42. The van der Waals surface area contributed by atoms with E-state index >= 15 is 0 Å². The van der Waals surface area contributed by atoms with Crippen LogP contribution in [-0.2, 0) is 24.2 Å². The van der Waals surface area contributed by atoms with Crippen LogP contribution in [0.15, 0.2) is 53.5 Å². The highest BCUT2D eigenvalue weighted by Crippen LogP contribution is 2.20. The summed E-state index contributed by atoms with van der Waals surface area (Å²) in [6, 6.07) is 10.8. The lowest BCUT2D eigenvalue weighted by Crippen LogP contribution is -2.09. The molecule has 0 unspecified atom stereocenters. The Morgan fingerprint density at radius 2 is 1.88 bits per heavy atom. The Labute approximate surface area is 191 Å². The van der Waals surface area contributed by atoms with Gasteiger partial charge in [-0.15, -0.1) is 11.3 Å². The van der Waals surface area contributed by atoms with Crippen molar-refractivity contribution in [2.75, 3.05) is 0 Å². The van der Waals surface area contributed by atoms with E-state index in [9.17, 15) is 14.7 Å². The van der Waals surface area contributed by atoms with Crippen LogP contribution in [0.1, 0.15) is 64.9 Å². The zero-order chi connectivity index (χ0) is 22.9. The van der Waals surface area contributed by atoms with Gasteiger partial charge in [-0.2, -0.15) is 0 Å². The molecule has 0 atom stereocenters. The topological polar surface area (TPSA) is 92.4 Å². The van der Waals surface area contributed by atoms with Gasteiger partial charge in [0.05, 0.1) is 17.5 Å². The van der Waals surface area contributed by atoms with Crippen LogP contribution in [0.25, 0.3) is 6.08 Å². The third-order valence-electron chi connectivity index (χ3n) is 5.31. The van der Waals surface area contributed by atoms with Gasteiger partial charge in [0.2, 0.25) is 0 Å². The van der Waals surface area contributed by atoms with E-state index in [4.69, 9.17) is 5.11 Å². The molecule has 7 heteroatoms. The van der Waals surface area contributed by atoms with E-state index in [1.165, 1.54) is 4.88 Å². The smallest absolute Gasteiger partial charge is 0.335 e. The molecule has 0 bridgehead atoms. The van der Waals surface area contributed by atoms with Crippen molar-refractivity contribution in [3.63, 3.8) is 0 Å². The van der Waals surface area contributed by atoms with E-state index in [0.29, 0.717) is 18.5 Å². The first-order valence-electron chi connectivity index (χ1n) is 10.8. The van der Waals surface area contributed by atoms with Gasteiger partial charge in [-0.05, 0) is 60.9 Å². The van der Waals surface area contributed by atoms with Crippen LogP contribution in [0.4, 0.5) is 0 Å². The van der Waals surface area contributed by atoms with Crippen molar-refractivity contribution in [3.05, 3.63) is 81.1 Å². The molecular formula is C25H28N2O4S. The first-order valence-corrected chi connectivity index (χ1v) is 11.7. The van der Waals surface area contributed by atoms with E-state index in [0.717, 1.165) is 49.2 Å². The first kappa shape index (κ1) is 23.5. The van der Waals surface area contributed by atoms with Gasteiger partial charge in [-0.25, -0.2) is 14.6 Å². The van der Waals surface area contributed by atoms with Crippen LogP contribution in [0.3, 0.4) is 0 Å². The number of benzene rings is 1. The molecule has 0 spiro atoms. The largest absolute Gasteiger partial charge is 0.478 e. The fourth-order valence-electron chi connectivity index (χ4n) is 3.52. The lowest BCUT2D eigenvalue weighted by molar-refractivity contribution is -0.132. The second kappa shape index (κ2) is 11.4. The molecular weight excluding hydrogens is 424 g/mol. The molecule has 0 aliphatic heterocycles. The quantitative estimate of drug-likeness (QED) is 0.353. The molecule has 0 saturated carbocycles. The summed E-state index contributed by atoms with van der Waals surface area (Å²) < 4.78 is 2.04. The van der Waals surface area contributed by atoms with Crippen molar-refractivity contribution in [3.8, 4) is 0 Å². The van der Waals surface area contributed by atoms with Crippen molar-refractivity contribution >= 4 is 29.4 Å². The van der Waals surface area contributed by atoms with E-state index in [-0.39, 0.29) is 5.56 Å². The number of aryl methyl sites for hydroxylation is 2. The fraction of sp³-hybridized carbons (Fsp3) is 0.320. The van der Waals surface area contributed by atoms with Crippen molar-refractivity contribution in [1.82, 2.24) is 9.55 Å². The molecule has 3 rings (SSSR count). The van der Waals surface area contributed by atoms with Crippen LogP contribution in [0, 0.1) is 0 Å². The maximum Gasteiger partial charge on any atom is 0.335 e. The summed E-state index contributed by atoms with van der Waals surface area (Å²) in [5, 5.41) is 20.9. The number of hydrogen-bond donors (Lipinski definition) is 2. The number of hydrogen-bond acceptors (Lipinski definition) is 4. The lowest BCUT2D eigenvalue weighted by atomic mass is 10.1. The summed E-state index contributed by atoms with van der Waals surface area (Å²) in [4.78, 5) is 28.8. The lowest BCUT2D eigenvalue weighted by Gasteiger charge is -2.12. The van der Waals surface area contributed by atoms with Gasteiger partial charge in [0.15, 0.2) is 0 Å². The highest BCUT2D eigenvalue weighted by Gasteiger charge is 2.14. The molecule has 3 aromatic rings. The van der Waals surface area contributed by atoms with Crippen LogP contribution in [0.2, 0.25) is 0 Å². The standard InChI is InChI=1S/C25H28N2O4S/c1-2-3-9-23-26-16-21(27(23)17-18-10-12-19(13-11-18)24(28)29)15-20(25(30)31)6-4-7-22-8-5-14-32-22/h5,8,10-16H,2-4,6-7,9,17H2,1H3,(H,28,29)(H,30,31)/b20-15+. The van der Waals surface area contributed by atoms with Crippen molar-refractivity contribution in [1.29, 1.82) is 0 Å². The van der Waals surface area contributed by atoms with Crippen molar-refractivity contribution < 1.29 is 19.8 Å². The van der Waals surface area contributed by atoms with E-state index in [1.54, 1.807) is 47.9 Å². The Kier molecular flexibility index (Phi) is 8.39. The van der Waals surface area contributed by atoms with E-state index < -0.39 is 11.9 Å². The monoisotopic (exact) mass is 452 g/mol. The van der Waals surface area contributed by atoms with Crippen LogP contribution in [0.5, 0.6) is 0 Å². The number of nitrogens with zero attached hydrogens (tertiary/aromatic N) is 2. The van der Waals surface area contributed by atoms with Crippen molar-refractivity contribution in [2.45, 2.75) is 52.0 Å². The number of aromatic nitrogens is 2. The van der Waals surface area contributed by atoms with Gasteiger partial charge >= 0.3 is 11.9 Å².